The molecule has 0 nitrogen and oxygen atoms in total. The Bertz CT molecular complexity index is 445. The molecule has 0 spiro atoms. The van der Waals surface area contributed by atoms with Gasteiger partial charge in [0.05, 0.1) is 0 Å². The van der Waals surface area contributed by atoms with Gasteiger partial charge in [-0.05, 0) is 54.9 Å². The molecule has 0 saturated carbocycles. The maximum Gasteiger partial charge on any atom is 0.130 e. The van der Waals surface area contributed by atoms with Crippen LogP contribution >= 0.6 is 0 Å². The van der Waals surface area contributed by atoms with Crippen LogP contribution in [0.4, 0.5) is 8.78 Å². The molecule has 0 radical (unpaired) electrons. The molecule has 0 amide bonds. The molecule has 0 saturated heterocycles. The molecule has 0 aliphatic rings. The first-order chi connectivity index (χ1) is 9.93. The van der Waals surface area contributed by atoms with Gasteiger partial charge in [0.15, 0.2) is 0 Å². The molecule has 1 aromatic rings. The van der Waals surface area contributed by atoms with Gasteiger partial charge >= 0.3 is 0 Å². The van der Waals surface area contributed by atoms with Crippen LogP contribution in [0.3, 0.4) is 0 Å². The highest BCUT2D eigenvalue weighted by Gasteiger charge is 2.29. The first-order valence-corrected chi connectivity index (χ1v) is 8.08. The SMILES string of the molecule is CC.CC=C(CC)c1cc(F)c(C(C)(CC)CC)c(F)c1. The molecule has 120 valence electrons. The molecule has 0 atom stereocenters. The zero-order chi connectivity index (χ0) is 16.6. The van der Waals surface area contributed by atoms with Gasteiger partial charge in [-0.1, -0.05) is 47.6 Å². The highest BCUT2D eigenvalue weighted by molar-refractivity contribution is 5.65. The zero-order valence-corrected chi connectivity index (χ0v) is 14.6. The molecule has 0 N–H and O–H groups in total. The first kappa shape index (κ1) is 19.8. The number of benzene rings is 1. The summed E-state index contributed by atoms with van der Waals surface area (Å²) in [6.07, 6.45) is 4.13. The molecule has 2 heteroatoms. The van der Waals surface area contributed by atoms with Crippen LogP contribution in [0.2, 0.25) is 0 Å². The molecule has 0 heterocycles. The van der Waals surface area contributed by atoms with Gasteiger partial charge in [-0.25, -0.2) is 8.78 Å². The van der Waals surface area contributed by atoms with E-state index in [1.807, 2.05) is 54.5 Å². The molecular weight excluding hydrogens is 266 g/mol. The van der Waals surface area contributed by atoms with Gasteiger partial charge in [-0.2, -0.15) is 0 Å². The van der Waals surface area contributed by atoms with E-state index in [1.54, 1.807) is 0 Å². The number of hydrogen-bond acceptors (Lipinski definition) is 0. The van der Waals surface area contributed by atoms with Crippen LogP contribution in [-0.4, -0.2) is 0 Å². The van der Waals surface area contributed by atoms with E-state index in [0.717, 1.165) is 24.8 Å². The Morgan fingerprint density at radius 3 is 1.76 bits per heavy atom. The van der Waals surface area contributed by atoms with Crippen molar-refractivity contribution in [2.24, 2.45) is 0 Å². The molecule has 0 unspecified atom stereocenters. The van der Waals surface area contributed by atoms with Crippen LogP contribution in [0.25, 0.3) is 5.57 Å². The Balaban J connectivity index is 0.00000191. The largest absolute Gasteiger partial charge is 0.207 e. The fourth-order valence-electron chi connectivity index (χ4n) is 2.51. The summed E-state index contributed by atoms with van der Waals surface area (Å²) in [5.41, 5.74) is 1.42. The van der Waals surface area contributed by atoms with Crippen molar-refractivity contribution < 1.29 is 8.78 Å². The van der Waals surface area contributed by atoms with Crippen LogP contribution < -0.4 is 0 Å². The van der Waals surface area contributed by atoms with Crippen LogP contribution in [-0.2, 0) is 5.41 Å². The van der Waals surface area contributed by atoms with E-state index >= 15 is 0 Å². The number of hydrogen-bond donors (Lipinski definition) is 0. The smallest absolute Gasteiger partial charge is 0.130 e. The third kappa shape index (κ3) is 4.39. The van der Waals surface area contributed by atoms with Crippen molar-refractivity contribution in [1.29, 1.82) is 0 Å². The summed E-state index contributed by atoms with van der Waals surface area (Å²) in [6, 6.07) is 2.95. The summed E-state index contributed by atoms with van der Waals surface area (Å²) in [5, 5.41) is 0. The maximum absolute atomic E-state index is 14.3. The Hall–Kier alpha value is -1.18. The standard InChI is InChI=1S/C17H24F2.C2H6/c1-6-12(7-2)13-10-14(18)16(15(19)11-13)17(5,8-3)9-4;1-2/h6,10-11H,7-9H2,1-5H3;1-2H3. The third-order valence-electron chi connectivity index (χ3n) is 4.31. The molecule has 0 aromatic heterocycles. The maximum atomic E-state index is 14.3. The fraction of sp³-hybridized carbons (Fsp3) is 0.579. The van der Waals surface area contributed by atoms with Crippen LogP contribution in [0.1, 0.15) is 78.9 Å². The van der Waals surface area contributed by atoms with Gasteiger partial charge in [0.2, 0.25) is 0 Å². The van der Waals surface area contributed by atoms with Gasteiger partial charge in [0, 0.05) is 5.56 Å². The molecule has 1 aromatic carbocycles. The van der Waals surface area contributed by atoms with Crippen molar-refractivity contribution in [2.75, 3.05) is 0 Å². The number of halogens is 2. The van der Waals surface area contributed by atoms with Crippen molar-refractivity contribution in [2.45, 2.75) is 73.1 Å². The highest BCUT2D eigenvalue weighted by atomic mass is 19.1. The summed E-state index contributed by atoms with van der Waals surface area (Å²) in [7, 11) is 0. The van der Waals surface area contributed by atoms with E-state index in [1.165, 1.54) is 12.1 Å². The zero-order valence-electron chi connectivity index (χ0n) is 14.6. The van der Waals surface area contributed by atoms with Gasteiger partial charge in [-0.15, -0.1) is 0 Å². The summed E-state index contributed by atoms with van der Waals surface area (Å²) < 4.78 is 28.7. The van der Waals surface area contributed by atoms with E-state index in [-0.39, 0.29) is 5.56 Å². The average Bonchev–Trinajstić information content (AvgIpc) is 2.49. The summed E-state index contributed by atoms with van der Waals surface area (Å²) in [6.45, 7) is 13.7. The number of allylic oxidation sites excluding steroid dienone is 2. The predicted octanol–water partition coefficient (Wildman–Crippen LogP) is 6.88. The third-order valence-corrected chi connectivity index (χ3v) is 4.31. The molecule has 0 aliphatic heterocycles. The lowest BCUT2D eigenvalue weighted by molar-refractivity contribution is 0.390. The van der Waals surface area contributed by atoms with Gasteiger partial charge in [0.1, 0.15) is 11.6 Å². The van der Waals surface area contributed by atoms with E-state index in [4.69, 9.17) is 0 Å². The number of rotatable bonds is 5. The second-order valence-electron chi connectivity index (χ2n) is 5.25. The average molecular weight is 296 g/mol. The monoisotopic (exact) mass is 296 g/mol. The van der Waals surface area contributed by atoms with E-state index < -0.39 is 17.0 Å². The minimum Gasteiger partial charge on any atom is -0.207 e. The lowest BCUT2D eigenvalue weighted by Gasteiger charge is -2.28. The minimum atomic E-state index is -0.436. The second-order valence-corrected chi connectivity index (χ2v) is 5.25. The fourth-order valence-corrected chi connectivity index (χ4v) is 2.51. The van der Waals surface area contributed by atoms with Crippen molar-refractivity contribution in [1.82, 2.24) is 0 Å². The summed E-state index contributed by atoms with van der Waals surface area (Å²) in [4.78, 5) is 0. The molecule has 1 rings (SSSR count). The van der Waals surface area contributed by atoms with Crippen molar-refractivity contribution in [3.8, 4) is 0 Å². The van der Waals surface area contributed by atoms with Crippen molar-refractivity contribution >= 4 is 5.57 Å². The van der Waals surface area contributed by atoms with Crippen LogP contribution in [0, 0.1) is 11.6 Å². The molecule has 0 fully saturated rings. The lowest BCUT2D eigenvalue weighted by Crippen LogP contribution is -2.23. The van der Waals surface area contributed by atoms with Crippen molar-refractivity contribution in [3.63, 3.8) is 0 Å². The Labute approximate surface area is 129 Å². The second kappa shape index (κ2) is 8.96. The lowest BCUT2D eigenvalue weighted by atomic mass is 9.76. The molecule has 0 aliphatic carbocycles. The minimum absolute atomic E-state index is 0.229. The Morgan fingerprint density at radius 2 is 1.48 bits per heavy atom. The van der Waals surface area contributed by atoms with E-state index in [2.05, 4.69) is 0 Å². The Kier molecular flexibility index (Phi) is 8.46. The first-order valence-electron chi connectivity index (χ1n) is 8.08. The van der Waals surface area contributed by atoms with Gasteiger partial charge in [0.25, 0.3) is 0 Å². The van der Waals surface area contributed by atoms with E-state index in [0.29, 0.717) is 5.56 Å². The molecular formula is C19H30F2. The van der Waals surface area contributed by atoms with Crippen LogP contribution in [0.15, 0.2) is 18.2 Å². The predicted molar refractivity (Wildman–Crippen MR) is 89.6 cm³/mol. The highest BCUT2D eigenvalue weighted by Crippen LogP contribution is 2.36. The molecule has 21 heavy (non-hydrogen) atoms. The van der Waals surface area contributed by atoms with Gasteiger partial charge in [-0.3, -0.25) is 0 Å². The quantitative estimate of drug-likeness (QED) is 0.555. The van der Waals surface area contributed by atoms with Gasteiger partial charge < -0.3 is 0 Å². The Morgan fingerprint density at radius 1 is 1.05 bits per heavy atom. The van der Waals surface area contributed by atoms with E-state index in [9.17, 15) is 8.78 Å². The topological polar surface area (TPSA) is 0 Å². The summed E-state index contributed by atoms with van der Waals surface area (Å²) >= 11 is 0. The normalized spacial score (nSPS) is 12.0. The van der Waals surface area contributed by atoms with Crippen LogP contribution in [0.5, 0.6) is 0 Å². The van der Waals surface area contributed by atoms with Crippen molar-refractivity contribution in [3.05, 3.63) is 41.0 Å². The molecule has 0 bridgehead atoms. The summed E-state index contributed by atoms with van der Waals surface area (Å²) in [5.74, 6) is -0.844.